The summed E-state index contributed by atoms with van der Waals surface area (Å²) >= 11 is 3.30. The Kier molecular flexibility index (Phi) is 7.70. The molecule has 0 bridgehead atoms. The first-order chi connectivity index (χ1) is 10.0. The van der Waals surface area contributed by atoms with Crippen LogP contribution in [0.25, 0.3) is 0 Å². The fourth-order valence-corrected chi connectivity index (χ4v) is 1.83. The molecule has 8 heteroatoms. The second-order valence-corrected chi connectivity index (χ2v) is 5.17. The van der Waals surface area contributed by atoms with Gasteiger partial charge in [0.15, 0.2) is 0 Å². The minimum Gasteiger partial charge on any atom is -0.370 e. The van der Waals surface area contributed by atoms with E-state index in [1.807, 2.05) is 6.92 Å². The van der Waals surface area contributed by atoms with Crippen LogP contribution in [0.4, 0.5) is 5.82 Å². The van der Waals surface area contributed by atoms with E-state index in [1.165, 1.54) is 0 Å². The first kappa shape index (κ1) is 17.4. The molecule has 1 aromatic heterocycles. The lowest BCUT2D eigenvalue weighted by Crippen LogP contribution is -2.29. The number of amides is 2. The van der Waals surface area contributed by atoms with Crippen LogP contribution in [0.3, 0.4) is 0 Å². The number of carbonyl (C=O) groups is 2. The molecule has 0 fully saturated rings. The Labute approximate surface area is 131 Å². The van der Waals surface area contributed by atoms with E-state index in [1.54, 1.807) is 12.3 Å². The molecule has 4 N–H and O–H groups in total. The van der Waals surface area contributed by atoms with Crippen molar-refractivity contribution in [2.45, 2.75) is 13.3 Å². The molecule has 0 spiro atoms. The molecule has 0 unspecified atom stereocenters. The summed E-state index contributed by atoms with van der Waals surface area (Å²) in [6.07, 6.45) is 2.56. The van der Waals surface area contributed by atoms with Crippen LogP contribution in [0, 0.1) is 0 Å². The van der Waals surface area contributed by atoms with Gasteiger partial charge in [-0.25, -0.2) is 4.98 Å². The van der Waals surface area contributed by atoms with Crippen molar-refractivity contribution in [3.05, 3.63) is 22.3 Å². The predicted molar refractivity (Wildman–Crippen MR) is 83.1 cm³/mol. The van der Waals surface area contributed by atoms with E-state index in [2.05, 4.69) is 31.5 Å². The zero-order valence-electron chi connectivity index (χ0n) is 11.8. The first-order valence-electron chi connectivity index (χ1n) is 6.58. The van der Waals surface area contributed by atoms with Gasteiger partial charge in [-0.1, -0.05) is 6.92 Å². The summed E-state index contributed by atoms with van der Waals surface area (Å²) < 4.78 is 5.69. The Morgan fingerprint density at radius 1 is 1.43 bits per heavy atom. The van der Waals surface area contributed by atoms with Gasteiger partial charge < -0.3 is 21.1 Å². The number of aromatic nitrogens is 1. The summed E-state index contributed by atoms with van der Waals surface area (Å²) in [5.74, 6) is -0.260. The lowest BCUT2D eigenvalue weighted by Gasteiger charge is -2.11. The van der Waals surface area contributed by atoms with Gasteiger partial charge in [0.2, 0.25) is 5.91 Å². The zero-order valence-corrected chi connectivity index (χ0v) is 13.4. The third-order valence-electron chi connectivity index (χ3n) is 2.42. The van der Waals surface area contributed by atoms with Gasteiger partial charge in [-0.05, 0) is 28.4 Å². The van der Waals surface area contributed by atoms with Crippen molar-refractivity contribution in [2.24, 2.45) is 5.73 Å². The third-order valence-corrected chi connectivity index (χ3v) is 2.85. The summed E-state index contributed by atoms with van der Waals surface area (Å²) in [6, 6.07) is 1.70. The number of anilines is 1. The number of nitrogens with one attached hydrogen (secondary N) is 2. The van der Waals surface area contributed by atoms with Crippen LogP contribution in [-0.2, 0) is 9.53 Å². The molecule has 0 saturated carbocycles. The fourth-order valence-electron chi connectivity index (χ4n) is 1.50. The minimum atomic E-state index is -0.538. The smallest absolute Gasteiger partial charge is 0.255 e. The van der Waals surface area contributed by atoms with Crippen LogP contribution in [0.5, 0.6) is 0 Å². The van der Waals surface area contributed by atoms with Gasteiger partial charge in [-0.3, -0.25) is 9.59 Å². The van der Waals surface area contributed by atoms with E-state index in [9.17, 15) is 9.59 Å². The van der Waals surface area contributed by atoms with Crippen molar-refractivity contribution in [1.82, 2.24) is 10.3 Å². The number of ether oxygens (including phenoxy) is 1. The number of pyridine rings is 1. The highest BCUT2D eigenvalue weighted by molar-refractivity contribution is 9.10. The number of rotatable bonds is 9. The van der Waals surface area contributed by atoms with Crippen molar-refractivity contribution >= 4 is 33.6 Å². The highest BCUT2D eigenvalue weighted by atomic mass is 79.9. The molecule has 21 heavy (non-hydrogen) atoms. The molecule has 1 aromatic rings. The summed E-state index contributed by atoms with van der Waals surface area (Å²) in [5, 5.41) is 5.80. The molecule has 2 amide bonds. The van der Waals surface area contributed by atoms with Gasteiger partial charge in [0.1, 0.15) is 12.4 Å². The quantitative estimate of drug-likeness (QED) is 0.568. The first-order valence-corrected chi connectivity index (χ1v) is 7.37. The van der Waals surface area contributed by atoms with E-state index in [-0.39, 0.29) is 25.7 Å². The Bertz CT molecular complexity index is 496. The third kappa shape index (κ3) is 6.54. The van der Waals surface area contributed by atoms with E-state index in [4.69, 9.17) is 10.5 Å². The predicted octanol–water partition coefficient (Wildman–Crippen LogP) is 0.898. The Hall–Kier alpha value is -1.67. The van der Waals surface area contributed by atoms with Crippen LogP contribution < -0.4 is 16.4 Å². The molecule has 0 saturated heterocycles. The minimum absolute atomic E-state index is 0.155. The highest BCUT2D eigenvalue weighted by Crippen LogP contribution is 2.18. The normalized spacial score (nSPS) is 10.2. The van der Waals surface area contributed by atoms with Gasteiger partial charge >= 0.3 is 0 Å². The monoisotopic (exact) mass is 358 g/mol. The standard InChI is InChI=1S/C13H19BrN4O3/c1-2-3-16-12-10(6-9(14)7-18-12)13(20)17-4-5-21-8-11(15)19/h6-7H,2-5,8H2,1H3,(H2,15,19)(H,16,18)(H,17,20). The molecule has 0 aromatic carbocycles. The van der Waals surface area contributed by atoms with Crippen LogP contribution in [-0.4, -0.2) is 43.1 Å². The summed E-state index contributed by atoms with van der Waals surface area (Å²) in [5.41, 5.74) is 5.39. The van der Waals surface area contributed by atoms with Crippen molar-refractivity contribution in [3.8, 4) is 0 Å². The summed E-state index contributed by atoms with van der Waals surface area (Å²) in [4.78, 5) is 26.8. The lowest BCUT2D eigenvalue weighted by molar-refractivity contribution is -0.122. The summed E-state index contributed by atoms with van der Waals surface area (Å²) in [7, 11) is 0. The van der Waals surface area contributed by atoms with E-state index in [0.29, 0.717) is 11.4 Å². The second-order valence-electron chi connectivity index (χ2n) is 4.25. The topological polar surface area (TPSA) is 106 Å². The molecule has 1 rings (SSSR count). The molecule has 0 aliphatic carbocycles. The average molecular weight is 359 g/mol. The number of halogens is 1. The van der Waals surface area contributed by atoms with Gasteiger partial charge in [0, 0.05) is 23.8 Å². The van der Waals surface area contributed by atoms with E-state index < -0.39 is 5.91 Å². The maximum atomic E-state index is 12.1. The van der Waals surface area contributed by atoms with Gasteiger partial charge in [0.05, 0.1) is 12.2 Å². The Balaban J connectivity index is 2.55. The second kappa shape index (κ2) is 9.30. The van der Waals surface area contributed by atoms with Crippen molar-refractivity contribution in [3.63, 3.8) is 0 Å². The molecule has 0 radical (unpaired) electrons. The highest BCUT2D eigenvalue weighted by Gasteiger charge is 2.12. The molecular formula is C13H19BrN4O3. The molecule has 7 nitrogen and oxygen atoms in total. The van der Waals surface area contributed by atoms with Crippen molar-refractivity contribution < 1.29 is 14.3 Å². The van der Waals surface area contributed by atoms with Gasteiger partial charge in [-0.2, -0.15) is 0 Å². The van der Waals surface area contributed by atoms with E-state index >= 15 is 0 Å². The fraction of sp³-hybridized carbons (Fsp3) is 0.462. The number of nitrogens with two attached hydrogens (primary N) is 1. The maximum absolute atomic E-state index is 12.1. The Morgan fingerprint density at radius 3 is 2.86 bits per heavy atom. The van der Waals surface area contributed by atoms with E-state index in [0.717, 1.165) is 17.4 Å². The molecule has 0 aliphatic rings. The number of carbonyl (C=O) groups excluding carboxylic acids is 2. The van der Waals surface area contributed by atoms with Crippen LogP contribution >= 0.6 is 15.9 Å². The molecule has 116 valence electrons. The molecule has 1 heterocycles. The number of hydrogen-bond acceptors (Lipinski definition) is 5. The number of hydrogen-bond donors (Lipinski definition) is 3. The zero-order chi connectivity index (χ0) is 15.7. The summed E-state index contributed by atoms with van der Waals surface area (Å²) in [6.45, 7) is 3.11. The molecular weight excluding hydrogens is 340 g/mol. The molecule has 0 atom stereocenters. The average Bonchev–Trinajstić information content (AvgIpc) is 2.45. The lowest BCUT2D eigenvalue weighted by atomic mass is 10.2. The van der Waals surface area contributed by atoms with Crippen molar-refractivity contribution in [2.75, 3.05) is 31.6 Å². The number of primary amides is 1. The molecule has 0 aliphatic heterocycles. The van der Waals surface area contributed by atoms with Crippen LogP contribution in [0.15, 0.2) is 16.7 Å². The van der Waals surface area contributed by atoms with Gasteiger partial charge in [0.25, 0.3) is 5.91 Å². The van der Waals surface area contributed by atoms with Crippen LogP contribution in [0.1, 0.15) is 23.7 Å². The van der Waals surface area contributed by atoms with Crippen molar-refractivity contribution in [1.29, 1.82) is 0 Å². The number of nitrogens with zero attached hydrogens (tertiary/aromatic N) is 1. The van der Waals surface area contributed by atoms with Gasteiger partial charge in [-0.15, -0.1) is 0 Å². The largest absolute Gasteiger partial charge is 0.370 e. The maximum Gasteiger partial charge on any atom is 0.255 e. The Morgan fingerprint density at radius 2 is 2.19 bits per heavy atom. The SMILES string of the molecule is CCCNc1ncc(Br)cc1C(=O)NCCOCC(N)=O. The van der Waals surface area contributed by atoms with Crippen LogP contribution in [0.2, 0.25) is 0 Å².